The van der Waals surface area contributed by atoms with E-state index in [-0.39, 0.29) is 0 Å². The Morgan fingerprint density at radius 3 is 2.02 bits per heavy atom. The summed E-state index contributed by atoms with van der Waals surface area (Å²) in [7, 11) is 0. The first-order valence-corrected chi connectivity index (χ1v) is 15.0. The average Bonchev–Trinajstić information content (AvgIpc) is 3.76. The molecule has 0 saturated carbocycles. The lowest BCUT2D eigenvalue weighted by Gasteiger charge is -2.09. The first kappa shape index (κ1) is 23.6. The molecule has 2 heterocycles. The first-order valence-electron chi connectivity index (χ1n) is 15.0. The van der Waals surface area contributed by atoms with Crippen molar-refractivity contribution < 1.29 is 4.42 Å². The topological polar surface area (TPSA) is 31.0 Å². The van der Waals surface area contributed by atoms with Crippen LogP contribution in [-0.4, -0.2) is 9.55 Å². The lowest BCUT2D eigenvalue weighted by atomic mass is 9.97. The van der Waals surface area contributed by atoms with Gasteiger partial charge in [0.2, 0.25) is 5.89 Å². The van der Waals surface area contributed by atoms with Crippen molar-refractivity contribution in [2.75, 3.05) is 0 Å². The van der Waals surface area contributed by atoms with Gasteiger partial charge in [-0.15, -0.1) is 0 Å². The smallest absolute Gasteiger partial charge is 0.227 e. The van der Waals surface area contributed by atoms with Gasteiger partial charge in [-0.25, -0.2) is 4.98 Å². The van der Waals surface area contributed by atoms with Crippen LogP contribution in [0.1, 0.15) is 0 Å². The van der Waals surface area contributed by atoms with Gasteiger partial charge in [-0.3, -0.25) is 0 Å². The van der Waals surface area contributed by atoms with Gasteiger partial charge in [-0.2, -0.15) is 0 Å². The van der Waals surface area contributed by atoms with Crippen molar-refractivity contribution in [2.24, 2.45) is 0 Å². The Morgan fingerprint density at radius 1 is 0.455 bits per heavy atom. The second-order valence-corrected chi connectivity index (χ2v) is 11.5. The molecule has 0 fully saturated rings. The van der Waals surface area contributed by atoms with Crippen molar-refractivity contribution in [3.05, 3.63) is 146 Å². The Kier molecular flexibility index (Phi) is 4.72. The minimum atomic E-state index is 0.646. The van der Waals surface area contributed by atoms with E-state index in [1.54, 1.807) is 0 Å². The number of hydrogen-bond acceptors (Lipinski definition) is 2. The van der Waals surface area contributed by atoms with Gasteiger partial charge in [0.1, 0.15) is 5.69 Å². The number of benzene rings is 7. The van der Waals surface area contributed by atoms with Crippen molar-refractivity contribution in [3.8, 4) is 50.8 Å². The third-order valence-corrected chi connectivity index (χ3v) is 9.17. The van der Waals surface area contributed by atoms with Gasteiger partial charge in [0.15, 0.2) is 5.76 Å². The second kappa shape index (κ2) is 8.79. The summed E-state index contributed by atoms with van der Waals surface area (Å²) in [5, 5.41) is 7.50. The lowest BCUT2D eigenvalue weighted by molar-refractivity contribution is 0.590. The normalized spacial score (nSPS) is 12.1. The van der Waals surface area contributed by atoms with Gasteiger partial charge >= 0.3 is 0 Å². The predicted molar refractivity (Wildman–Crippen MR) is 181 cm³/mol. The van der Waals surface area contributed by atoms with Crippen LogP contribution in [0.25, 0.3) is 94.2 Å². The highest BCUT2D eigenvalue weighted by molar-refractivity contribution is 6.25. The van der Waals surface area contributed by atoms with E-state index in [0.29, 0.717) is 5.89 Å². The number of rotatable bonds is 3. The highest BCUT2D eigenvalue weighted by atomic mass is 16.4. The molecule has 3 nitrogen and oxygen atoms in total. The molecule has 1 aliphatic carbocycles. The van der Waals surface area contributed by atoms with Crippen molar-refractivity contribution in [1.29, 1.82) is 0 Å². The van der Waals surface area contributed by atoms with Crippen molar-refractivity contribution >= 4 is 43.4 Å². The molecule has 0 N–H and O–H groups in total. The summed E-state index contributed by atoms with van der Waals surface area (Å²) in [5.74, 6) is 1.51. The number of nitrogens with zero attached hydrogens (tertiary/aromatic N) is 2. The Bertz CT molecular complexity index is 2530. The molecule has 0 unspecified atom stereocenters. The van der Waals surface area contributed by atoms with E-state index in [1.165, 1.54) is 54.5 Å². The minimum absolute atomic E-state index is 0.646. The quantitative estimate of drug-likeness (QED) is 0.215. The fraction of sp³-hybridized carbons (Fsp3) is 0. The second-order valence-electron chi connectivity index (χ2n) is 11.5. The van der Waals surface area contributed by atoms with Crippen LogP contribution in [0, 0.1) is 0 Å². The van der Waals surface area contributed by atoms with Gasteiger partial charge in [0, 0.05) is 38.5 Å². The summed E-state index contributed by atoms with van der Waals surface area (Å²) < 4.78 is 8.84. The van der Waals surface area contributed by atoms with Gasteiger partial charge in [-0.05, 0) is 63.7 Å². The predicted octanol–water partition coefficient (Wildman–Crippen LogP) is 11.1. The summed E-state index contributed by atoms with van der Waals surface area (Å²) in [6.07, 6.45) is 0. The SMILES string of the molecule is c1ccc(-c2cccc3c2c2c4ccccc4ccc2n3-c2ccc(-c3nc4c(o3)-c3cccc5cccc-4c35)cc2)cc1. The molecule has 1 aliphatic rings. The van der Waals surface area contributed by atoms with Crippen LogP contribution in [0.2, 0.25) is 0 Å². The maximum atomic E-state index is 6.45. The van der Waals surface area contributed by atoms with E-state index in [1.807, 2.05) is 0 Å². The minimum Gasteiger partial charge on any atom is -0.435 e. The maximum Gasteiger partial charge on any atom is 0.227 e. The van der Waals surface area contributed by atoms with E-state index in [2.05, 4.69) is 150 Å². The molecule has 9 aromatic rings. The molecule has 204 valence electrons. The number of fused-ring (bicyclic) bond motifs is 8. The molecule has 10 rings (SSSR count). The van der Waals surface area contributed by atoms with Crippen LogP contribution in [0.5, 0.6) is 0 Å². The molecule has 7 aromatic carbocycles. The number of aromatic nitrogens is 2. The third kappa shape index (κ3) is 3.18. The number of oxazole rings is 1. The van der Waals surface area contributed by atoms with Crippen molar-refractivity contribution in [3.63, 3.8) is 0 Å². The molecule has 0 saturated heterocycles. The van der Waals surface area contributed by atoms with Gasteiger partial charge in [0.25, 0.3) is 0 Å². The summed E-state index contributed by atoms with van der Waals surface area (Å²) in [5.41, 5.74) is 10.1. The van der Waals surface area contributed by atoms with Crippen molar-refractivity contribution in [2.45, 2.75) is 0 Å². The molecule has 2 aromatic heterocycles. The van der Waals surface area contributed by atoms with Crippen LogP contribution >= 0.6 is 0 Å². The molecule has 0 radical (unpaired) electrons. The summed E-state index contributed by atoms with van der Waals surface area (Å²) in [4.78, 5) is 5.00. The molecule has 0 bridgehead atoms. The Morgan fingerprint density at radius 2 is 1.16 bits per heavy atom. The zero-order chi connectivity index (χ0) is 28.8. The largest absolute Gasteiger partial charge is 0.435 e. The molecular formula is C41H24N2O. The highest BCUT2D eigenvalue weighted by Gasteiger charge is 2.27. The van der Waals surface area contributed by atoms with Crippen LogP contribution in [0.4, 0.5) is 0 Å². The van der Waals surface area contributed by atoms with Crippen LogP contribution in [-0.2, 0) is 0 Å². The van der Waals surface area contributed by atoms with Crippen LogP contribution in [0.15, 0.2) is 150 Å². The molecule has 0 amide bonds. The summed E-state index contributed by atoms with van der Waals surface area (Å²) in [6.45, 7) is 0. The Hall–Kier alpha value is -5.93. The molecule has 0 atom stereocenters. The fourth-order valence-corrected chi connectivity index (χ4v) is 7.25. The summed E-state index contributed by atoms with van der Waals surface area (Å²) in [6, 6.07) is 51.9. The average molecular weight is 561 g/mol. The standard InChI is InChI=1S/C41H24N2O/c1-2-9-25(10-3-1)31-15-8-18-34-37(31)38-30-14-5-4-11-26(30)21-24-35(38)43(34)29-22-19-28(20-23-29)41-42-39-32-16-6-12-27-13-7-17-33(36(27)32)40(39)44-41/h1-24H. The van der Waals surface area contributed by atoms with Gasteiger partial charge < -0.3 is 8.98 Å². The Labute approximate surface area is 253 Å². The van der Waals surface area contributed by atoms with E-state index >= 15 is 0 Å². The van der Waals surface area contributed by atoms with E-state index in [9.17, 15) is 0 Å². The van der Waals surface area contributed by atoms with E-state index in [4.69, 9.17) is 9.40 Å². The first-order chi connectivity index (χ1) is 21.8. The molecule has 44 heavy (non-hydrogen) atoms. The molecular weight excluding hydrogens is 536 g/mol. The molecule has 0 aliphatic heterocycles. The van der Waals surface area contributed by atoms with Gasteiger partial charge in [-0.1, -0.05) is 109 Å². The summed E-state index contributed by atoms with van der Waals surface area (Å²) >= 11 is 0. The van der Waals surface area contributed by atoms with Crippen LogP contribution in [0.3, 0.4) is 0 Å². The van der Waals surface area contributed by atoms with Crippen molar-refractivity contribution in [1.82, 2.24) is 9.55 Å². The van der Waals surface area contributed by atoms with E-state index in [0.717, 1.165) is 33.8 Å². The monoisotopic (exact) mass is 560 g/mol. The zero-order valence-corrected chi connectivity index (χ0v) is 23.7. The third-order valence-electron chi connectivity index (χ3n) is 9.17. The van der Waals surface area contributed by atoms with E-state index < -0.39 is 0 Å². The van der Waals surface area contributed by atoms with Crippen LogP contribution < -0.4 is 0 Å². The maximum absolute atomic E-state index is 6.45. The van der Waals surface area contributed by atoms with Gasteiger partial charge in [0.05, 0.1) is 11.0 Å². The highest BCUT2D eigenvalue weighted by Crippen LogP contribution is 2.48. The number of hydrogen-bond donors (Lipinski definition) is 0. The lowest BCUT2D eigenvalue weighted by Crippen LogP contribution is -1.94. The molecule has 0 spiro atoms. The Balaban J connectivity index is 1.16. The fourth-order valence-electron chi connectivity index (χ4n) is 7.25. The zero-order valence-electron chi connectivity index (χ0n) is 23.7. The molecule has 3 heteroatoms.